The quantitative estimate of drug-likeness (QED) is 0.768. The highest BCUT2D eigenvalue weighted by Crippen LogP contribution is 2.23. The van der Waals surface area contributed by atoms with E-state index in [1.54, 1.807) is 0 Å². The molecule has 2 rings (SSSR count). The molecule has 116 valence electrons. The van der Waals surface area contributed by atoms with Gasteiger partial charge in [-0.05, 0) is 19.1 Å². The predicted octanol–water partition coefficient (Wildman–Crippen LogP) is 1.44. The average Bonchev–Trinajstić information content (AvgIpc) is 2.76. The van der Waals surface area contributed by atoms with E-state index < -0.39 is 0 Å². The van der Waals surface area contributed by atoms with E-state index in [1.165, 1.54) is 0 Å². The molecule has 0 aromatic heterocycles. The van der Waals surface area contributed by atoms with Crippen LogP contribution in [0.3, 0.4) is 0 Å². The zero-order valence-electron chi connectivity index (χ0n) is 12.4. The van der Waals surface area contributed by atoms with Crippen molar-refractivity contribution < 1.29 is 14.3 Å². The van der Waals surface area contributed by atoms with Gasteiger partial charge in [-0.25, -0.2) is 4.79 Å². The number of para-hydroxylation sites is 2. The minimum absolute atomic E-state index is 0.230. The molecule has 6 nitrogen and oxygen atoms in total. The summed E-state index contributed by atoms with van der Waals surface area (Å²) in [5.41, 5.74) is 0.673. The van der Waals surface area contributed by atoms with Gasteiger partial charge in [-0.2, -0.15) is 0 Å². The van der Waals surface area contributed by atoms with Crippen LogP contribution in [-0.2, 0) is 4.74 Å². The zero-order chi connectivity index (χ0) is 14.9. The minimum Gasteiger partial charge on any atom is -0.492 e. The fraction of sp³-hybridized carbons (Fsp3) is 0.533. The molecule has 0 saturated carbocycles. The Bertz CT molecular complexity index is 446. The third kappa shape index (κ3) is 5.24. The summed E-state index contributed by atoms with van der Waals surface area (Å²) in [5.74, 6) is 0.968. The van der Waals surface area contributed by atoms with Gasteiger partial charge in [0.2, 0.25) is 0 Å². The maximum Gasteiger partial charge on any atom is 0.319 e. The zero-order valence-corrected chi connectivity index (χ0v) is 12.4. The Morgan fingerprint density at radius 3 is 3.19 bits per heavy atom. The highest BCUT2D eigenvalue weighted by molar-refractivity contribution is 5.90. The van der Waals surface area contributed by atoms with E-state index in [1.807, 2.05) is 31.2 Å². The fourth-order valence-electron chi connectivity index (χ4n) is 2.15. The number of ether oxygens (including phenoxy) is 2. The summed E-state index contributed by atoms with van der Waals surface area (Å²) >= 11 is 0. The Morgan fingerprint density at radius 1 is 1.48 bits per heavy atom. The standard InChI is InChI=1S/C15H23N3O3/c1-2-21-14-6-4-3-5-13(14)18-15(19)17-10-12-9-16-7-8-20-11-12/h3-6,12,16H,2,7-11H2,1H3,(H2,17,18,19). The molecule has 1 fully saturated rings. The average molecular weight is 293 g/mol. The SMILES string of the molecule is CCOc1ccccc1NC(=O)NCC1CNCCOC1. The minimum atomic E-state index is -0.230. The molecule has 1 saturated heterocycles. The van der Waals surface area contributed by atoms with Gasteiger partial charge in [-0.3, -0.25) is 0 Å². The first-order valence-corrected chi connectivity index (χ1v) is 7.34. The summed E-state index contributed by atoms with van der Waals surface area (Å²) < 4.78 is 10.9. The molecule has 2 amide bonds. The van der Waals surface area contributed by atoms with Crippen LogP contribution in [0.25, 0.3) is 0 Å². The maximum atomic E-state index is 12.0. The van der Waals surface area contributed by atoms with Crippen LogP contribution >= 0.6 is 0 Å². The molecule has 1 atom stereocenters. The van der Waals surface area contributed by atoms with Crippen molar-refractivity contribution in [2.45, 2.75) is 6.92 Å². The first-order chi connectivity index (χ1) is 10.3. The number of anilines is 1. The number of carbonyl (C=O) groups excluding carboxylic acids is 1. The first kappa shape index (κ1) is 15.6. The lowest BCUT2D eigenvalue weighted by atomic mass is 10.1. The second kappa shape index (κ2) is 8.49. The molecule has 1 aromatic rings. The molecule has 0 aliphatic carbocycles. The number of amides is 2. The molecule has 6 heteroatoms. The second-order valence-corrected chi connectivity index (χ2v) is 4.91. The Kier molecular flexibility index (Phi) is 6.30. The first-order valence-electron chi connectivity index (χ1n) is 7.34. The van der Waals surface area contributed by atoms with Crippen molar-refractivity contribution in [2.24, 2.45) is 5.92 Å². The fourth-order valence-corrected chi connectivity index (χ4v) is 2.15. The van der Waals surface area contributed by atoms with E-state index in [0.717, 1.165) is 19.7 Å². The number of urea groups is 1. The van der Waals surface area contributed by atoms with Crippen molar-refractivity contribution in [2.75, 3.05) is 44.8 Å². The monoisotopic (exact) mass is 293 g/mol. The highest BCUT2D eigenvalue weighted by atomic mass is 16.5. The Hall–Kier alpha value is -1.79. The number of nitrogens with one attached hydrogen (secondary N) is 3. The summed E-state index contributed by atoms with van der Waals surface area (Å²) in [6.07, 6.45) is 0. The van der Waals surface area contributed by atoms with Crippen molar-refractivity contribution in [1.82, 2.24) is 10.6 Å². The van der Waals surface area contributed by atoms with E-state index in [-0.39, 0.29) is 6.03 Å². The van der Waals surface area contributed by atoms with E-state index in [4.69, 9.17) is 9.47 Å². The molecule has 21 heavy (non-hydrogen) atoms. The lowest BCUT2D eigenvalue weighted by molar-refractivity contribution is 0.123. The molecule has 1 aliphatic heterocycles. The third-order valence-electron chi connectivity index (χ3n) is 3.20. The van der Waals surface area contributed by atoms with Gasteiger partial charge >= 0.3 is 6.03 Å². The van der Waals surface area contributed by atoms with Gasteiger partial charge < -0.3 is 25.4 Å². The summed E-state index contributed by atoms with van der Waals surface area (Å²) in [4.78, 5) is 12.0. The summed E-state index contributed by atoms with van der Waals surface area (Å²) in [5, 5.41) is 8.97. The molecule has 1 aliphatic rings. The molecular formula is C15H23N3O3. The van der Waals surface area contributed by atoms with Crippen LogP contribution in [0.2, 0.25) is 0 Å². The highest BCUT2D eigenvalue weighted by Gasteiger charge is 2.14. The summed E-state index contributed by atoms with van der Waals surface area (Å²) in [7, 11) is 0. The summed E-state index contributed by atoms with van der Waals surface area (Å²) in [6, 6.07) is 7.17. The number of carbonyl (C=O) groups is 1. The predicted molar refractivity (Wildman–Crippen MR) is 81.8 cm³/mol. The third-order valence-corrected chi connectivity index (χ3v) is 3.20. The van der Waals surface area contributed by atoms with Crippen LogP contribution in [0.1, 0.15) is 6.92 Å². The van der Waals surface area contributed by atoms with Crippen LogP contribution in [0.5, 0.6) is 5.75 Å². The van der Waals surface area contributed by atoms with Crippen LogP contribution in [0, 0.1) is 5.92 Å². The van der Waals surface area contributed by atoms with Crippen molar-refractivity contribution in [3.8, 4) is 5.75 Å². The van der Waals surface area contributed by atoms with Crippen LogP contribution in [0.4, 0.5) is 10.5 Å². The van der Waals surface area contributed by atoms with Crippen molar-refractivity contribution in [3.05, 3.63) is 24.3 Å². The van der Waals surface area contributed by atoms with Crippen molar-refractivity contribution in [3.63, 3.8) is 0 Å². The molecule has 0 spiro atoms. The number of benzene rings is 1. The van der Waals surface area contributed by atoms with Crippen molar-refractivity contribution in [1.29, 1.82) is 0 Å². The molecule has 1 unspecified atom stereocenters. The lowest BCUT2D eigenvalue weighted by Crippen LogP contribution is -2.37. The van der Waals surface area contributed by atoms with Gasteiger partial charge in [0.25, 0.3) is 0 Å². The molecule has 0 bridgehead atoms. The van der Waals surface area contributed by atoms with Crippen LogP contribution in [-0.4, -0.2) is 45.5 Å². The van der Waals surface area contributed by atoms with Crippen LogP contribution < -0.4 is 20.7 Å². The Balaban J connectivity index is 1.81. The van der Waals surface area contributed by atoms with Gasteiger partial charge in [0.15, 0.2) is 0 Å². The number of hydrogen-bond acceptors (Lipinski definition) is 4. The largest absolute Gasteiger partial charge is 0.492 e. The van der Waals surface area contributed by atoms with E-state index >= 15 is 0 Å². The normalized spacial score (nSPS) is 18.6. The Labute approximate surface area is 125 Å². The van der Waals surface area contributed by atoms with Gasteiger partial charge in [-0.15, -0.1) is 0 Å². The molecular weight excluding hydrogens is 270 g/mol. The molecule has 3 N–H and O–H groups in total. The second-order valence-electron chi connectivity index (χ2n) is 4.91. The van der Waals surface area contributed by atoms with Crippen LogP contribution in [0.15, 0.2) is 24.3 Å². The lowest BCUT2D eigenvalue weighted by Gasteiger charge is -2.16. The van der Waals surface area contributed by atoms with E-state index in [2.05, 4.69) is 16.0 Å². The topological polar surface area (TPSA) is 71.6 Å². The number of hydrogen-bond donors (Lipinski definition) is 3. The van der Waals surface area contributed by atoms with E-state index in [0.29, 0.717) is 37.1 Å². The van der Waals surface area contributed by atoms with Crippen molar-refractivity contribution >= 4 is 11.7 Å². The number of rotatable bonds is 5. The molecule has 0 radical (unpaired) electrons. The smallest absolute Gasteiger partial charge is 0.319 e. The van der Waals surface area contributed by atoms with Gasteiger partial charge in [-0.1, -0.05) is 12.1 Å². The van der Waals surface area contributed by atoms with Gasteiger partial charge in [0, 0.05) is 25.6 Å². The maximum absolute atomic E-state index is 12.0. The Morgan fingerprint density at radius 2 is 2.33 bits per heavy atom. The molecule has 1 aromatic carbocycles. The molecule has 1 heterocycles. The van der Waals surface area contributed by atoms with Gasteiger partial charge in [0.05, 0.1) is 25.5 Å². The van der Waals surface area contributed by atoms with Gasteiger partial charge in [0.1, 0.15) is 5.75 Å². The summed E-state index contributed by atoms with van der Waals surface area (Å²) in [6.45, 7) is 6.17. The van der Waals surface area contributed by atoms with E-state index in [9.17, 15) is 4.79 Å².